The Bertz CT molecular complexity index is 927. The molecule has 0 aliphatic carbocycles. The highest BCUT2D eigenvalue weighted by molar-refractivity contribution is 6.15. The number of carbonyl (C=O) groups excluding carboxylic acids is 1. The minimum Gasteiger partial charge on any atom is -0.507 e. The summed E-state index contributed by atoms with van der Waals surface area (Å²) in [6.07, 6.45) is 6.31. The van der Waals surface area contributed by atoms with E-state index in [4.69, 9.17) is 4.74 Å². The fourth-order valence-corrected chi connectivity index (χ4v) is 4.49. The van der Waals surface area contributed by atoms with Crippen LogP contribution in [-0.2, 0) is 6.54 Å². The molecule has 2 aromatic rings. The molecule has 0 amide bonds. The van der Waals surface area contributed by atoms with Crippen molar-refractivity contribution in [2.24, 2.45) is 11.8 Å². The van der Waals surface area contributed by atoms with Crippen molar-refractivity contribution in [2.75, 3.05) is 13.1 Å². The first kappa shape index (κ1) is 18.7. The minimum atomic E-state index is -0.141. The van der Waals surface area contributed by atoms with E-state index in [1.54, 1.807) is 24.5 Å². The second-order valence-electron chi connectivity index (χ2n) is 8.26. The van der Waals surface area contributed by atoms with Crippen molar-refractivity contribution in [2.45, 2.75) is 33.7 Å². The molecule has 28 heavy (non-hydrogen) atoms. The van der Waals surface area contributed by atoms with Crippen molar-refractivity contribution in [1.82, 2.24) is 9.88 Å². The van der Waals surface area contributed by atoms with Crippen LogP contribution in [-0.4, -0.2) is 33.9 Å². The number of nitrogens with zero attached hydrogens (tertiary/aromatic N) is 2. The molecule has 5 heteroatoms. The zero-order valence-corrected chi connectivity index (χ0v) is 16.6. The van der Waals surface area contributed by atoms with Crippen LogP contribution < -0.4 is 4.74 Å². The number of Topliss-reactive ketones (excluding diaryl/α,β-unsaturated/α-hetero) is 1. The number of pyridine rings is 1. The Kier molecular flexibility index (Phi) is 4.94. The van der Waals surface area contributed by atoms with Gasteiger partial charge in [-0.05, 0) is 54.5 Å². The first-order valence-corrected chi connectivity index (χ1v) is 9.84. The summed E-state index contributed by atoms with van der Waals surface area (Å²) in [5, 5.41) is 10.6. The predicted molar refractivity (Wildman–Crippen MR) is 108 cm³/mol. The van der Waals surface area contributed by atoms with Gasteiger partial charge in [0.15, 0.2) is 5.76 Å². The lowest BCUT2D eigenvalue weighted by Crippen LogP contribution is -2.38. The number of piperidine rings is 1. The highest BCUT2D eigenvalue weighted by Gasteiger charge is 2.34. The van der Waals surface area contributed by atoms with Crippen LogP contribution in [0.3, 0.4) is 0 Å². The fraction of sp³-hybridized carbons (Fsp3) is 0.391. The van der Waals surface area contributed by atoms with Gasteiger partial charge < -0.3 is 9.84 Å². The number of carbonyl (C=O) groups is 1. The van der Waals surface area contributed by atoms with Crippen LogP contribution in [0.15, 0.2) is 36.4 Å². The maximum absolute atomic E-state index is 13.0. The molecular weight excluding hydrogens is 352 g/mol. The number of fused-ring (bicyclic) bond motifs is 1. The topological polar surface area (TPSA) is 62.7 Å². The molecule has 2 unspecified atom stereocenters. The normalized spacial score (nSPS) is 23.7. The van der Waals surface area contributed by atoms with E-state index in [1.165, 1.54) is 6.42 Å². The molecule has 2 aliphatic heterocycles. The van der Waals surface area contributed by atoms with Gasteiger partial charge in [0.2, 0.25) is 5.78 Å². The average Bonchev–Trinajstić information content (AvgIpc) is 2.95. The minimum absolute atomic E-state index is 0.141. The first-order valence-electron chi connectivity index (χ1n) is 9.84. The summed E-state index contributed by atoms with van der Waals surface area (Å²) in [7, 11) is 0. The molecule has 2 atom stereocenters. The van der Waals surface area contributed by atoms with Crippen LogP contribution in [0.5, 0.6) is 11.5 Å². The fourth-order valence-electron chi connectivity index (χ4n) is 4.49. The number of ether oxygens (including phenoxy) is 1. The number of ketones is 1. The SMILES string of the molecule is Cc1cc(O)c(CN2CC(C)CC(C)C2)c2c1C(=O)/C(=C\c1cccnc1)O2. The molecule has 1 aromatic heterocycles. The standard InChI is InChI=1S/C23H26N2O3/c1-14-7-15(2)12-25(11-14)13-18-19(26)8-16(3)21-22(27)20(28-23(18)21)9-17-5-4-6-24-10-17/h4-6,8-10,14-15,26H,7,11-13H2,1-3H3/b20-9+. The van der Waals surface area contributed by atoms with Gasteiger partial charge in [0.25, 0.3) is 0 Å². The third-order valence-corrected chi connectivity index (χ3v) is 5.53. The van der Waals surface area contributed by atoms with Gasteiger partial charge in [-0.25, -0.2) is 0 Å². The van der Waals surface area contributed by atoms with Crippen molar-refractivity contribution in [3.63, 3.8) is 0 Å². The molecule has 0 spiro atoms. The number of aromatic hydroxyl groups is 1. The van der Waals surface area contributed by atoms with Crippen LogP contribution >= 0.6 is 0 Å². The van der Waals surface area contributed by atoms with E-state index < -0.39 is 0 Å². The molecule has 1 saturated heterocycles. The lowest BCUT2D eigenvalue weighted by atomic mass is 9.91. The number of aromatic nitrogens is 1. The number of benzene rings is 1. The van der Waals surface area contributed by atoms with E-state index in [-0.39, 0.29) is 17.3 Å². The second kappa shape index (κ2) is 7.40. The van der Waals surface area contributed by atoms with Gasteiger partial charge >= 0.3 is 0 Å². The Morgan fingerprint density at radius 2 is 2.07 bits per heavy atom. The number of allylic oxidation sites excluding steroid dienone is 1. The smallest absolute Gasteiger partial charge is 0.232 e. The molecule has 4 rings (SSSR count). The van der Waals surface area contributed by atoms with E-state index in [0.717, 1.165) is 24.2 Å². The third kappa shape index (κ3) is 3.54. The Hall–Kier alpha value is -2.66. The van der Waals surface area contributed by atoms with Gasteiger partial charge in [0.1, 0.15) is 11.5 Å². The predicted octanol–water partition coefficient (Wildman–Crippen LogP) is 4.19. The van der Waals surface area contributed by atoms with E-state index in [1.807, 2.05) is 19.1 Å². The summed E-state index contributed by atoms with van der Waals surface area (Å²) in [4.78, 5) is 19.4. The van der Waals surface area contributed by atoms with Gasteiger partial charge in [-0.15, -0.1) is 0 Å². The largest absolute Gasteiger partial charge is 0.507 e. The number of phenols is 1. The summed E-state index contributed by atoms with van der Waals surface area (Å²) in [5.41, 5.74) is 2.79. The average molecular weight is 378 g/mol. The second-order valence-corrected chi connectivity index (χ2v) is 8.26. The van der Waals surface area contributed by atoms with Gasteiger partial charge in [0.05, 0.1) is 11.1 Å². The number of rotatable bonds is 3. The Morgan fingerprint density at radius 3 is 2.75 bits per heavy atom. The number of phenolic OH excluding ortho intramolecular Hbond substituents is 1. The number of likely N-dealkylation sites (tertiary alicyclic amines) is 1. The van der Waals surface area contributed by atoms with Crippen molar-refractivity contribution >= 4 is 11.9 Å². The highest BCUT2D eigenvalue weighted by Crippen LogP contribution is 2.42. The molecule has 1 fully saturated rings. The summed E-state index contributed by atoms with van der Waals surface area (Å²) in [6.45, 7) is 8.91. The molecule has 5 nitrogen and oxygen atoms in total. The van der Waals surface area contributed by atoms with Crippen molar-refractivity contribution < 1.29 is 14.6 Å². The molecule has 0 saturated carbocycles. The zero-order valence-electron chi connectivity index (χ0n) is 16.6. The van der Waals surface area contributed by atoms with Crippen molar-refractivity contribution in [3.05, 3.63) is 58.6 Å². The molecule has 0 radical (unpaired) electrons. The summed E-state index contributed by atoms with van der Waals surface area (Å²) < 4.78 is 6.01. The summed E-state index contributed by atoms with van der Waals surface area (Å²) in [6, 6.07) is 5.38. The van der Waals surface area contributed by atoms with E-state index in [9.17, 15) is 9.90 Å². The molecule has 2 aliphatic rings. The van der Waals surface area contributed by atoms with Crippen LogP contribution in [0.4, 0.5) is 0 Å². The summed E-state index contributed by atoms with van der Waals surface area (Å²) in [5.74, 6) is 2.07. The highest BCUT2D eigenvalue weighted by atomic mass is 16.5. The number of hydrogen-bond donors (Lipinski definition) is 1. The van der Waals surface area contributed by atoms with Crippen LogP contribution in [0.25, 0.3) is 6.08 Å². The molecule has 1 N–H and O–H groups in total. The van der Waals surface area contributed by atoms with Gasteiger partial charge in [-0.2, -0.15) is 0 Å². The van der Waals surface area contributed by atoms with Gasteiger partial charge in [-0.1, -0.05) is 19.9 Å². The van der Waals surface area contributed by atoms with Crippen LogP contribution in [0.1, 0.15) is 47.3 Å². The van der Waals surface area contributed by atoms with Crippen molar-refractivity contribution in [1.29, 1.82) is 0 Å². The Labute approximate surface area is 165 Å². The molecular formula is C23H26N2O3. The van der Waals surface area contributed by atoms with E-state index in [2.05, 4.69) is 23.7 Å². The zero-order chi connectivity index (χ0) is 19.8. The molecule has 1 aromatic carbocycles. The Morgan fingerprint density at radius 1 is 1.32 bits per heavy atom. The van der Waals surface area contributed by atoms with Gasteiger partial charge in [0, 0.05) is 32.0 Å². The van der Waals surface area contributed by atoms with Crippen LogP contribution in [0.2, 0.25) is 0 Å². The van der Waals surface area contributed by atoms with Crippen LogP contribution in [0, 0.1) is 18.8 Å². The van der Waals surface area contributed by atoms with Crippen molar-refractivity contribution in [3.8, 4) is 11.5 Å². The maximum atomic E-state index is 13.0. The number of hydrogen-bond acceptors (Lipinski definition) is 5. The molecule has 0 bridgehead atoms. The summed E-state index contributed by atoms with van der Waals surface area (Å²) >= 11 is 0. The monoisotopic (exact) mass is 378 g/mol. The quantitative estimate of drug-likeness (QED) is 0.812. The lowest BCUT2D eigenvalue weighted by molar-refractivity contribution is 0.101. The first-order chi connectivity index (χ1) is 13.4. The van der Waals surface area contributed by atoms with E-state index in [0.29, 0.717) is 35.3 Å². The van der Waals surface area contributed by atoms with E-state index >= 15 is 0 Å². The lowest BCUT2D eigenvalue weighted by Gasteiger charge is -2.35. The Balaban J connectivity index is 1.69. The van der Waals surface area contributed by atoms with Gasteiger partial charge in [-0.3, -0.25) is 14.7 Å². The number of aryl methyl sites for hydroxylation is 1. The molecule has 3 heterocycles. The molecule has 146 valence electrons. The maximum Gasteiger partial charge on any atom is 0.232 e. The third-order valence-electron chi connectivity index (χ3n) is 5.53.